The van der Waals surface area contributed by atoms with Crippen LogP contribution in [-0.4, -0.2) is 32.2 Å². The van der Waals surface area contributed by atoms with Gasteiger partial charge in [0.25, 0.3) is 11.3 Å². The first-order chi connectivity index (χ1) is 13.6. The summed E-state index contributed by atoms with van der Waals surface area (Å²) in [5.41, 5.74) is 1.03. The molecule has 2 aromatic rings. The van der Waals surface area contributed by atoms with Crippen molar-refractivity contribution in [1.29, 1.82) is 0 Å². The highest BCUT2D eigenvalue weighted by atomic mass is 32.2. The highest BCUT2D eigenvalue weighted by Crippen LogP contribution is 2.25. The topological polar surface area (TPSA) is 118 Å². The SMILES string of the molecule is CCOC(=O)c1csc([C@H](Cc2ccc(NS(=O)O)cc2)NC(=O)C(C)(C)C)n1. The Balaban J connectivity index is 2.24. The number of nitrogens with zero attached hydrogens (tertiary/aromatic N) is 1. The van der Waals surface area contributed by atoms with E-state index in [1.54, 1.807) is 36.6 Å². The summed E-state index contributed by atoms with van der Waals surface area (Å²) >= 11 is -0.861. The van der Waals surface area contributed by atoms with E-state index in [1.165, 1.54) is 11.3 Å². The van der Waals surface area contributed by atoms with Gasteiger partial charge in [0, 0.05) is 16.5 Å². The Morgan fingerprint density at radius 2 is 1.93 bits per heavy atom. The zero-order valence-corrected chi connectivity index (χ0v) is 18.4. The van der Waals surface area contributed by atoms with Crippen LogP contribution in [0.1, 0.15) is 54.8 Å². The molecule has 0 radical (unpaired) electrons. The molecule has 1 unspecified atom stereocenters. The predicted molar refractivity (Wildman–Crippen MR) is 113 cm³/mol. The molecular formula is C19H25N3O5S2. The number of hydrogen-bond donors (Lipinski definition) is 3. The van der Waals surface area contributed by atoms with Crippen molar-refractivity contribution in [3.8, 4) is 0 Å². The van der Waals surface area contributed by atoms with Gasteiger partial charge in [-0.15, -0.1) is 11.3 Å². The summed E-state index contributed by atoms with van der Waals surface area (Å²) in [6, 6.07) is 6.52. The number of amides is 1. The molecule has 29 heavy (non-hydrogen) atoms. The molecule has 1 aromatic heterocycles. The largest absolute Gasteiger partial charge is 0.461 e. The molecule has 0 fully saturated rings. The Morgan fingerprint density at radius 3 is 2.48 bits per heavy atom. The lowest BCUT2D eigenvalue weighted by molar-refractivity contribution is -0.129. The fourth-order valence-electron chi connectivity index (χ4n) is 2.37. The molecule has 0 saturated carbocycles. The highest BCUT2D eigenvalue weighted by molar-refractivity contribution is 7.80. The molecule has 158 valence electrons. The Hall–Kier alpha value is -2.30. The lowest BCUT2D eigenvalue weighted by Crippen LogP contribution is -2.38. The number of esters is 1. The lowest BCUT2D eigenvalue weighted by Gasteiger charge is -2.23. The van der Waals surface area contributed by atoms with E-state index < -0.39 is 28.7 Å². The van der Waals surface area contributed by atoms with Crippen molar-refractivity contribution in [2.24, 2.45) is 5.41 Å². The van der Waals surface area contributed by atoms with Gasteiger partial charge in [0.2, 0.25) is 5.91 Å². The van der Waals surface area contributed by atoms with Crippen LogP contribution in [0, 0.1) is 5.41 Å². The molecule has 2 rings (SSSR count). The second-order valence-corrected chi connectivity index (χ2v) is 8.91. The summed E-state index contributed by atoms with van der Waals surface area (Å²) in [6.45, 7) is 7.44. The first kappa shape index (κ1) is 23.0. The summed E-state index contributed by atoms with van der Waals surface area (Å²) in [6.07, 6.45) is 0.445. The van der Waals surface area contributed by atoms with E-state index in [-0.39, 0.29) is 18.2 Å². The van der Waals surface area contributed by atoms with E-state index >= 15 is 0 Å². The minimum Gasteiger partial charge on any atom is -0.461 e. The monoisotopic (exact) mass is 439 g/mol. The van der Waals surface area contributed by atoms with Gasteiger partial charge in [0.05, 0.1) is 12.6 Å². The molecule has 0 bridgehead atoms. The quantitative estimate of drug-likeness (QED) is 0.429. The average Bonchev–Trinajstić information content (AvgIpc) is 3.12. The number of thiazole rings is 1. The molecule has 1 amide bonds. The van der Waals surface area contributed by atoms with Crippen molar-refractivity contribution < 1.29 is 23.1 Å². The maximum absolute atomic E-state index is 12.6. The number of aromatic nitrogens is 1. The molecule has 3 N–H and O–H groups in total. The zero-order chi connectivity index (χ0) is 21.6. The van der Waals surface area contributed by atoms with E-state index in [1.807, 2.05) is 20.8 Å². The van der Waals surface area contributed by atoms with E-state index in [9.17, 15) is 13.8 Å². The first-order valence-electron chi connectivity index (χ1n) is 9.00. The fraction of sp³-hybridized carbons (Fsp3) is 0.421. The van der Waals surface area contributed by atoms with Gasteiger partial charge < -0.3 is 10.1 Å². The zero-order valence-electron chi connectivity index (χ0n) is 16.7. The van der Waals surface area contributed by atoms with Gasteiger partial charge in [-0.05, 0) is 31.0 Å². The van der Waals surface area contributed by atoms with Crippen LogP contribution in [0.2, 0.25) is 0 Å². The summed E-state index contributed by atoms with van der Waals surface area (Å²) in [5, 5.41) is 5.22. The van der Waals surface area contributed by atoms with E-state index in [2.05, 4.69) is 15.0 Å². The normalized spacial score (nSPS) is 13.4. The van der Waals surface area contributed by atoms with Crippen LogP contribution in [0.5, 0.6) is 0 Å². The van der Waals surface area contributed by atoms with Crippen molar-refractivity contribution in [2.45, 2.75) is 40.2 Å². The first-order valence-corrected chi connectivity index (χ1v) is 11.0. The number of ether oxygens (including phenoxy) is 1. The summed E-state index contributed by atoms with van der Waals surface area (Å²) in [5.74, 6) is -0.632. The van der Waals surface area contributed by atoms with Crippen LogP contribution in [0.25, 0.3) is 0 Å². The number of nitrogens with one attached hydrogen (secondary N) is 2. The minimum atomic E-state index is -2.14. The van der Waals surface area contributed by atoms with E-state index in [4.69, 9.17) is 9.29 Å². The number of benzene rings is 1. The van der Waals surface area contributed by atoms with Crippen LogP contribution in [0.3, 0.4) is 0 Å². The summed E-state index contributed by atoms with van der Waals surface area (Å²) in [4.78, 5) is 28.8. The fourth-order valence-corrected chi connectivity index (χ4v) is 3.54. The Labute approximate surface area is 176 Å². The summed E-state index contributed by atoms with van der Waals surface area (Å²) in [7, 11) is 0. The molecule has 0 spiro atoms. The van der Waals surface area contributed by atoms with Crippen molar-refractivity contribution in [1.82, 2.24) is 10.3 Å². The maximum atomic E-state index is 12.6. The number of anilines is 1. The summed E-state index contributed by atoms with van der Waals surface area (Å²) < 4.78 is 27.1. The number of rotatable bonds is 8. The molecule has 0 aliphatic heterocycles. The second-order valence-electron chi connectivity index (χ2n) is 7.32. The smallest absolute Gasteiger partial charge is 0.357 e. The van der Waals surface area contributed by atoms with Crippen molar-refractivity contribution >= 4 is 40.2 Å². The van der Waals surface area contributed by atoms with Gasteiger partial charge >= 0.3 is 5.97 Å². The molecule has 2 atom stereocenters. The highest BCUT2D eigenvalue weighted by Gasteiger charge is 2.27. The molecule has 0 aliphatic rings. The molecule has 10 heteroatoms. The second kappa shape index (κ2) is 9.95. The van der Waals surface area contributed by atoms with Gasteiger partial charge in [-0.25, -0.2) is 14.0 Å². The van der Waals surface area contributed by atoms with Crippen LogP contribution in [0.15, 0.2) is 29.6 Å². The molecule has 1 heterocycles. The van der Waals surface area contributed by atoms with Gasteiger partial charge in [-0.2, -0.15) is 0 Å². The predicted octanol–water partition coefficient (Wildman–Crippen LogP) is 3.31. The Bertz CT molecular complexity index is 875. The van der Waals surface area contributed by atoms with Crippen LogP contribution in [0.4, 0.5) is 5.69 Å². The van der Waals surface area contributed by atoms with Crippen molar-refractivity contribution in [3.63, 3.8) is 0 Å². The molecule has 0 saturated heterocycles. The third-order valence-electron chi connectivity index (χ3n) is 3.89. The van der Waals surface area contributed by atoms with Crippen LogP contribution in [-0.2, 0) is 27.2 Å². The standard InChI is InChI=1S/C19H25N3O5S2/c1-5-27-17(23)15-11-28-16(20-15)14(21-18(24)19(2,3)4)10-12-6-8-13(9-7-12)22-29(25)26/h6-9,11,14,22H,5,10H2,1-4H3,(H,21,24)(H,25,26)/t14-/m0/s1. The maximum Gasteiger partial charge on any atom is 0.357 e. The number of carbonyl (C=O) groups is 2. The average molecular weight is 440 g/mol. The molecule has 1 aromatic carbocycles. The van der Waals surface area contributed by atoms with Crippen molar-refractivity contribution in [3.05, 3.63) is 45.9 Å². The van der Waals surface area contributed by atoms with Gasteiger partial charge in [-0.3, -0.25) is 14.1 Å². The Morgan fingerprint density at radius 1 is 1.28 bits per heavy atom. The lowest BCUT2D eigenvalue weighted by atomic mass is 9.94. The van der Waals surface area contributed by atoms with Gasteiger partial charge in [0.15, 0.2) is 5.69 Å². The van der Waals surface area contributed by atoms with Crippen LogP contribution >= 0.6 is 11.3 Å². The van der Waals surface area contributed by atoms with Crippen molar-refractivity contribution in [2.75, 3.05) is 11.3 Å². The van der Waals surface area contributed by atoms with Gasteiger partial charge in [-0.1, -0.05) is 32.9 Å². The molecule has 8 nitrogen and oxygen atoms in total. The molecule has 0 aliphatic carbocycles. The third kappa shape index (κ3) is 6.91. The number of carbonyl (C=O) groups excluding carboxylic acids is 2. The minimum absolute atomic E-state index is 0.135. The van der Waals surface area contributed by atoms with E-state index in [0.29, 0.717) is 17.1 Å². The number of hydrogen-bond acceptors (Lipinski definition) is 6. The van der Waals surface area contributed by atoms with E-state index in [0.717, 1.165) is 5.56 Å². The Kier molecular flexibility index (Phi) is 7.88. The third-order valence-corrected chi connectivity index (χ3v) is 5.26. The van der Waals surface area contributed by atoms with Gasteiger partial charge in [0.1, 0.15) is 5.01 Å². The van der Waals surface area contributed by atoms with Crippen LogP contribution < -0.4 is 10.0 Å². The molecular weight excluding hydrogens is 414 g/mol.